The number of nitrogens with one attached hydrogen (secondary N) is 1. The fraction of sp³-hybridized carbons (Fsp3) is 0.238. The van der Waals surface area contributed by atoms with Gasteiger partial charge in [-0.05, 0) is 36.1 Å². The molecule has 0 aliphatic heterocycles. The number of aromatic nitrogens is 3. The summed E-state index contributed by atoms with van der Waals surface area (Å²) in [6.07, 6.45) is 1.06. The van der Waals surface area contributed by atoms with Crippen LogP contribution in [0.15, 0.2) is 48.5 Å². The van der Waals surface area contributed by atoms with Gasteiger partial charge in [0.15, 0.2) is 12.4 Å². The second-order valence-electron chi connectivity index (χ2n) is 6.33. The zero-order valence-electron chi connectivity index (χ0n) is 16.0. The van der Waals surface area contributed by atoms with Gasteiger partial charge in [-0.3, -0.25) is 4.79 Å². The molecule has 0 saturated carbocycles. The summed E-state index contributed by atoms with van der Waals surface area (Å²) in [5, 5.41) is 3.16. The quantitative estimate of drug-likeness (QED) is 0.609. The number of ether oxygens (including phenoxy) is 1. The summed E-state index contributed by atoms with van der Waals surface area (Å²) in [6, 6.07) is 15.6. The minimum Gasteiger partial charge on any atom is -0.457 e. The predicted molar refractivity (Wildman–Crippen MR) is 108 cm³/mol. The van der Waals surface area contributed by atoms with Gasteiger partial charge in [0.1, 0.15) is 0 Å². The van der Waals surface area contributed by atoms with Crippen LogP contribution in [0.2, 0.25) is 0 Å². The average molecular weight is 377 g/mol. The van der Waals surface area contributed by atoms with E-state index < -0.39 is 0 Å². The molecule has 1 heterocycles. The molecule has 0 radical (unpaired) electrons. The Morgan fingerprint density at radius 3 is 2.50 bits per heavy atom. The third-order valence-electron chi connectivity index (χ3n) is 4.30. The highest BCUT2D eigenvalue weighted by atomic mass is 16.5. The van der Waals surface area contributed by atoms with Crippen molar-refractivity contribution in [1.82, 2.24) is 15.0 Å². The van der Waals surface area contributed by atoms with Gasteiger partial charge in [0.05, 0.1) is 6.42 Å². The van der Waals surface area contributed by atoms with Gasteiger partial charge in [0.2, 0.25) is 11.9 Å². The summed E-state index contributed by atoms with van der Waals surface area (Å²) in [5.74, 6) is 0.330. The molecule has 7 nitrogen and oxygen atoms in total. The molecular formula is C21H23N5O2. The van der Waals surface area contributed by atoms with E-state index in [1.165, 1.54) is 0 Å². The van der Waals surface area contributed by atoms with Crippen LogP contribution in [-0.2, 0) is 29.0 Å². The Morgan fingerprint density at radius 2 is 1.75 bits per heavy atom. The molecule has 3 rings (SSSR count). The molecule has 0 bridgehead atoms. The van der Waals surface area contributed by atoms with Crippen molar-refractivity contribution in [1.29, 1.82) is 0 Å². The fourth-order valence-corrected chi connectivity index (χ4v) is 2.79. The number of nitrogens with two attached hydrogens (primary N) is 1. The lowest BCUT2D eigenvalue weighted by Gasteiger charge is -2.11. The smallest absolute Gasteiger partial charge is 0.310 e. The topological polar surface area (TPSA) is 103 Å². The number of nitrogen functional groups attached to an aromatic ring is 1. The molecule has 3 aromatic rings. The van der Waals surface area contributed by atoms with Gasteiger partial charge in [0.25, 0.3) is 0 Å². The molecular weight excluding hydrogens is 354 g/mol. The third-order valence-corrected chi connectivity index (χ3v) is 4.30. The molecule has 7 heteroatoms. The largest absolute Gasteiger partial charge is 0.457 e. The summed E-state index contributed by atoms with van der Waals surface area (Å²) >= 11 is 0. The van der Waals surface area contributed by atoms with E-state index in [9.17, 15) is 4.79 Å². The van der Waals surface area contributed by atoms with E-state index in [0.29, 0.717) is 11.8 Å². The molecule has 0 spiro atoms. The zero-order valence-corrected chi connectivity index (χ0v) is 16.0. The number of rotatable bonds is 7. The van der Waals surface area contributed by atoms with Crippen LogP contribution in [-0.4, -0.2) is 20.9 Å². The van der Waals surface area contributed by atoms with Crippen molar-refractivity contribution < 1.29 is 9.53 Å². The number of hydrogen-bond acceptors (Lipinski definition) is 7. The standard InChI is InChI=1S/C21H23N5O2/c1-3-15-9-6-7-11-17(15)23-21-25-18(24-20(22)26-21)13-28-19(27)12-16-10-5-4-8-14(16)2/h4-11H,3,12-13H2,1-2H3,(H3,22,23,24,25,26). The van der Waals surface area contributed by atoms with Crippen molar-refractivity contribution in [2.45, 2.75) is 33.3 Å². The van der Waals surface area contributed by atoms with Crippen molar-refractivity contribution in [2.24, 2.45) is 0 Å². The van der Waals surface area contributed by atoms with Gasteiger partial charge >= 0.3 is 5.97 Å². The van der Waals surface area contributed by atoms with Crippen LogP contribution < -0.4 is 11.1 Å². The van der Waals surface area contributed by atoms with Crippen molar-refractivity contribution in [3.8, 4) is 0 Å². The number of anilines is 3. The van der Waals surface area contributed by atoms with Crippen LogP contribution in [0.1, 0.15) is 29.4 Å². The molecule has 0 aliphatic rings. The first-order valence-corrected chi connectivity index (χ1v) is 9.10. The van der Waals surface area contributed by atoms with Crippen LogP contribution >= 0.6 is 0 Å². The normalized spacial score (nSPS) is 10.5. The van der Waals surface area contributed by atoms with Crippen molar-refractivity contribution >= 4 is 23.6 Å². The Hall–Kier alpha value is -3.48. The molecule has 1 aromatic heterocycles. The van der Waals surface area contributed by atoms with Crippen molar-refractivity contribution in [3.63, 3.8) is 0 Å². The molecule has 0 aliphatic carbocycles. The van der Waals surface area contributed by atoms with Crippen molar-refractivity contribution in [3.05, 3.63) is 71.0 Å². The van der Waals surface area contributed by atoms with Gasteiger partial charge in [0, 0.05) is 5.69 Å². The molecule has 144 valence electrons. The second-order valence-corrected chi connectivity index (χ2v) is 6.33. The number of carbonyl (C=O) groups is 1. The van der Waals surface area contributed by atoms with Gasteiger partial charge in [-0.25, -0.2) is 0 Å². The van der Waals surface area contributed by atoms with E-state index in [1.807, 2.05) is 55.5 Å². The summed E-state index contributed by atoms with van der Waals surface area (Å²) in [7, 11) is 0. The van der Waals surface area contributed by atoms with Crippen LogP contribution in [0.3, 0.4) is 0 Å². The maximum Gasteiger partial charge on any atom is 0.310 e. The molecule has 28 heavy (non-hydrogen) atoms. The minimum absolute atomic E-state index is 0.0661. The molecule has 0 atom stereocenters. The van der Waals surface area contributed by atoms with Gasteiger partial charge < -0.3 is 15.8 Å². The fourth-order valence-electron chi connectivity index (χ4n) is 2.79. The number of carbonyl (C=O) groups excluding carboxylic acids is 1. The first kappa shape index (κ1) is 19.3. The molecule has 0 unspecified atom stereocenters. The monoisotopic (exact) mass is 377 g/mol. The highest BCUT2D eigenvalue weighted by Gasteiger charge is 2.11. The number of esters is 1. The Labute approximate surface area is 164 Å². The third kappa shape index (κ3) is 5.03. The molecule has 0 saturated heterocycles. The van der Waals surface area contributed by atoms with Crippen LogP contribution in [0.5, 0.6) is 0 Å². The summed E-state index contributed by atoms with van der Waals surface area (Å²) in [5.41, 5.74) is 9.80. The lowest BCUT2D eigenvalue weighted by molar-refractivity contribution is -0.144. The van der Waals surface area contributed by atoms with Gasteiger partial charge in [-0.1, -0.05) is 49.4 Å². The molecule has 0 amide bonds. The Kier molecular flexibility index (Phi) is 6.16. The summed E-state index contributed by atoms with van der Waals surface area (Å²) < 4.78 is 5.32. The second kappa shape index (κ2) is 8.94. The van der Waals surface area contributed by atoms with Gasteiger partial charge in [-0.2, -0.15) is 15.0 Å². The highest BCUT2D eigenvalue weighted by molar-refractivity contribution is 5.73. The van der Waals surface area contributed by atoms with Crippen molar-refractivity contribution in [2.75, 3.05) is 11.1 Å². The summed E-state index contributed by atoms with van der Waals surface area (Å²) in [4.78, 5) is 24.6. The lowest BCUT2D eigenvalue weighted by Crippen LogP contribution is -2.13. The number of benzene rings is 2. The summed E-state index contributed by atoms with van der Waals surface area (Å²) in [6.45, 7) is 3.96. The molecule has 2 aromatic carbocycles. The Balaban J connectivity index is 1.66. The lowest BCUT2D eigenvalue weighted by atomic mass is 10.1. The van der Waals surface area contributed by atoms with Crippen LogP contribution in [0, 0.1) is 6.92 Å². The molecule has 0 fully saturated rings. The number of hydrogen-bond donors (Lipinski definition) is 2. The predicted octanol–water partition coefficient (Wildman–Crippen LogP) is 3.35. The van der Waals surface area contributed by atoms with E-state index >= 15 is 0 Å². The zero-order chi connectivity index (χ0) is 19.9. The van der Waals surface area contributed by atoms with E-state index in [0.717, 1.165) is 28.8 Å². The molecule has 3 N–H and O–H groups in total. The highest BCUT2D eigenvalue weighted by Crippen LogP contribution is 2.19. The van der Waals surface area contributed by atoms with E-state index in [-0.39, 0.29) is 24.9 Å². The van der Waals surface area contributed by atoms with E-state index in [4.69, 9.17) is 10.5 Å². The first-order valence-electron chi connectivity index (χ1n) is 9.10. The Bertz CT molecular complexity index is 975. The minimum atomic E-state index is -0.348. The van der Waals surface area contributed by atoms with E-state index in [2.05, 4.69) is 27.2 Å². The number of aryl methyl sites for hydroxylation is 2. The average Bonchev–Trinajstić information content (AvgIpc) is 2.68. The maximum absolute atomic E-state index is 12.1. The first-order chi connectivity index (χ1) is 13.5. The SMILES string of the molecule is CCc1ccccc1Nc1nc(N)nc(COC(=O)Cc2ccccc2C)n1. The van der Waals surface area contributed by atoms with Gasteiger partial charge in [-0.15, -0.1) is 0 Å². The maximum atomic E-state index is 12.1. The number of para-hydroxylation sites is 1. The number of nitrogens with zero attached hydrogens (tertiary/aromatic N) is 3. The van der Waals surface area contributed by atoms with Crippen LogP contribution in [0.25, 0.3) is 0 Å². The Morgan fingerprint density at radius 1 is 1.04 bits per heavy atom. The van der Waals surface area contributed by atoms with E-state index in [1.54, 1.807) is 0 Å². The van der Waals surface area contributed by atoms with Crippen LogP contribution in [0.4, 0.5) is 17.6 Å².